The molecule has 1 heterocycles. The average Bonchev–Trinajstić information content (AvgIpc) is 3.24. The monoisotopic (exact) mass is 423 g/mol. The molecule has 150 valence electrons. The van der Waals surface area contributed by atoms with Gasteiger partial charge in [0.25, 0.3) is 5.91 Å². The van der Waals surface area contributed by atoms with Crippen LogP contribution in [0, 0.1) is 11.6 Å². The number of benzene rings is 3. The summed E-state index contributed by atoms with van der Waals surface area (Å²) in [5.74, 6) is -0.376. The van der Waals surface area contributed by atoms with Crippen molar-refractivity contribution in [1.29, 1.82) is 0 Å². The molecule has 0 aliphatic heterocycles. The Hall–Kier alpha value is -3.59. The Bertz CT molecular complexity index is 1150. The smallest absolute Gasteiger partial charge is 0.255 e. The van der Waals surface area contributed by atoms with Crippen LogP contribution < -0.4 is 5.32 Å². The molecule has 1 aromatic heterocycles. The highest BCUT2D eigenvalue weighted by molar-refractivity contribution is 7.98. The van der Waals surface area contributed by atoms with Crippen LogP contribution in [0.25, 0.3) is 5.69 Å². The van der Waals surface area contributed by atoms with E-state index in [2.05, 4.69) is 20.8 Å². The zero-order chi connectivity index (χ0) is 20.9. The van der Waals surface area contributed by atoms with E-state index in [1.165, 1.54) is 48.2 Å². The number of thioether (sulfide) groups is 1. The van der Waals surface area contributed by atoms with Crippen LogP contribution >= 0.6 is 11.8 Å². The molecular weight excluding hydrogens is 408 g/mol. The summed E-state index contributed by atoms with van der Waals surface area (Å²) < 4.78 is 27.6. The molecule has 0 atom stereocenters. The first-order chi connectivity index (χ1) is 14.6. The summed E-state index contributed by atoms with van der Waals surface area (Å²) >= 11 is 1.42. The summed E-state index contributed by atoms with van der Waals surface area (Å²) in [6.07, 6.45) is 0. The highest BCUT2D eigenvalue weighted by atomic mass is 32.2. The van der Waals surface area contributed by atoms with E-state index in [-0.39, 0.29) is 17.5 Å². The minimum atomic E-state index is -0.369. The lowest BCUT2D eigenvalue weighted by Crippen LogP contribution is -2.12. The van der Waals surface area contributed by atoms with Crippen molar-refractivity contribution in [3.63, 3.8) is 0 Å². The lowest BCUT2D eigenvalue weighted by Gasteiger charge is -2.07. The molecule has 0 saturated carbocycles. The van der Waals surface area contributed by atoms with Crippen molar-refractivity contribution in [1.82, 2.24) is 20.2 Å². The number of rotatable bonds is 6. The Balaban J connectivity index is 1.44. The number of nitrogens with zero attached hydrogens (tertiary/aromatic N) is 4. The number of hydrogen-bond acceptors (Lipinski definition) is 5. The zero-order valence-electron chi connectivity index (χ0n) is 15.5. The largest absolute Gasteiger partial charge is 0.322 e. The minimum Gasteiger partial charge on any atom is -0.322 e. The lowest BCUT2D eigenvalue weighted by atomic mass is 10.2. The second-order valence-corrected chi connectivity index (χ2v) is 7.24. The number of hydrogen-bond donors (Lipinski definition) is 1. The Morgan fingerprint density at radius 1 is 0.900 bits per heavy atom. The third-order valence-electron chi connectivity index (χ3n) is 4.20. The molecule has 0 bridgehead atoms. The van der Waals surface area contributed by atoms with Crippen LogP contribution in [0.1, 0.15) is 15.9 Å². The van der Waals surface area contributed by atoms with Gasteiger partial charge >= 0.3 is 0 Å². The quantitative estimate of drug-likeness (QED) is 0.463. The molecule has 0 aliphatic rings. The maximum absolute atomic E-state index is 13.0. The number of carbonyl (C=O) groups is 1. The summed E-state index contributed by atoms with van der Waals surface area (Å²) in [5, 5.41) is 15.0. The van der Waals surface area contributed by atoms with E-state index >= 15 is 0 Å². The molecule has 0 saturated heterocycles. The second kappa shape index (κ2) is 8.83. The molecule has 0 fully saturated rings. The van der Waals surface area contributed by atoms with Crippen LogP contribution in [0.5, 0.6) is 0 Å². The van der Waals surface area contributed by atoms with E-state index in [1.807, 2.05) is 0 Å². The van der Waals surface area contributed by atoms with Gasteiger partial charge in [0.1, 0.15) is 11.6 Å². The van der Waals surface area contributed by atoms with Crippen molar-refractivity contribution in [3.05, 3.63) is 95.6 Å². The molecule has 6 nitrogen and oxygen atoms in total. The number of anilines is 1. The molecule has 0 aliphatic carbocycles. The molecular formula is C21H15F2N5OS. The van der Waals surface area contributed by atoms with Gasteiger partial charge < -0.3 is 5.32 Å². The first-order valence-corrected chi connectivity index (χ1v) is 9.90. The van der Waals surface area contributed by atoms with E-state index in [1.54, 1.807) is 41.1 Å². The first kappa shape index (κ1) is 19.7. The fraction of sp³-hybridized carbons (Fsp3) is 0.0476. The minimum absolute atomic E-state index is 0.280. The fourth-order valence-electron chi connectivity index (χ4n) is 2.65. The predicted octanol–water partition coefficient (Wildman–Crippen LogP) is 4.49. The van der Waals surface area contributed by atoms with Crippen LogP contribution in [0.2, 0.25) is 0 Å². The molecule has 0 radical (unpaired) electrons. The Kier molecular flexibility index (Phi) is 5.80. The number of tetrazole rings is 1. The van der Waals surface area contributed by atoms with Crippen molar-refractivity contribution in [3.8, 4) is 5.69 Å². The van der Waals surface area contributed by atoms with E-state index in [0.717, 1.165) is 5.56 Å². The molecule has 0 unspecified atom stereocenters. The van der Waals surface area contributed by atoms with Crippen molar-refractivity contribution in [2.75, 3.05) is 5.32 Å². The van der Waals surface area contributed by atoms with Crippen molar-refractivity contribution in [2.24, 2.45) is 0 Å². The van der Waals surface area contributed by atoms with E-state index in [4.69, 9.17) is 0 Å². The molecule has 4 rings (SSSR count). The molecule has 4 aromatic rings. The molecule has 1 N–H and O–H groups in total. The number of nitrogens with one attached hydrogen (secondary N) is 1. The maximum atomic E-state index is 13.0. The van der Waals surface area contributed by atoms with Crippen LogP contribution in [0.15, 0.2) is 78.0 Å². The highest BCUT2D eigenvalue weighted by Gasteiger charge is 2.11. The van der Waals surface area contributed by atoms with Crippen molar-refractivity contribution < 1.29 is 13.6 Å². The molecule has 30 heavy (non-hydrogen) atoms. The fourth-order valence-corrected chi connectivity index (χ4v) is 3.50. The number of aromatic nitrogens is 4. The lowest BCUT2D eigenvalue weighted by molar-refractivity contribution is 0.102. The van der Waals surface area contributed by atoms with Crippen LogP contribution in [-0.2, 0) is 5.75 Å². The van der Waals surface area contributed by atoms with Gasteiger partial charge in [-0.05, 0) is 76.7 Å². The van der Waals surface area contributed by atoms with Gasteiger partial charge in [0.2, 0.25) is 5.16 Å². The molecule has 0 spiro atoms. The first-order valence-electron chi connectivity index (χ1n) is 8.91. The van der Waals surface area contributed by atoms with Crippen LogP contribution in [0.3, 0.4) is 0 Å². The van der Waals surface area contributed by atoms with E-state index in [9.17, 15) is 13.6 Å². The second-order valence-electron chi connectivity index (χ2n) is 6.30. The normalized spacial score (nSPS) is 10.7. The van der Waals surface area contributed by atoms with Gasteiger partial charge in [0.05, 0.1) is 5.69 Å². The molecule has 9 heteroatoms. The van der Waals surface area contributed by atoms with Crippen LogP contribution in [-0.4, -0.2) is 26.1 Å². The SMILES string of the molecule is O=C(Nc1ccc(F)cc1)c1ccc(-n2nnnc2SCc2ccc(F)cc2)cc1. The molecule has 1 amide bonds. The van der Waals surface area contributed by atoms with Gasteiger partial charge in [0.15, 0.2) is 0 Å². The summed E-state index contributed by atoms with van der Waals surface area (Å²) in [4.78, 5) is 12.4. The van der Waals surface area contributed by atoms with Gasteiger partial charge in [-0.3, -0.25) is 4.79 Å². The van der Waals surface area contributed by atoms with Gasteiger partial charge in [0, 0.05) is 17.0 Å². The third kappa shape index (κ3) is 4.69. The topological polar surface area (TPSA) is 72.7 Å². The Morgan fingerprint density at radius 2 is 1.53 bits per heavy atom. The molecule has 3 aromatic carbocycles. The van der Waals surface area contributed by atoms with Gasteiger partial charge in [-0.1, -0.05) is 23.9 Å². The maximum Gasteiger partial charge on any atom is 0.255 e. The average molecular weight is 423 g/mol. The van der Waals surface area contributed by atoms with E-state index < -0.39 is 0 Å². The summed E-state index contributed by atoms with van der Waals surface area (Å²) in [6.45, 7) is 0. The standard InChI is InChI=1S/C21H15F2N5OS/c22-16-5-1-14(2-6-16)13-30-21-25-26-27-28(21)19-11-3-15(4-12-19)20(29)24-18-9-7-17(23)8-10-18/h1-12H,13H2,(H,24,29). The van der Waals surface area contributed by atoms with Crippen LogP contribution in [0.4, 0.5) is 14.5 Å². The zero-order valence-corrected chi connectivity index (χ0v) is 16.3. The Morgan fingerprint density at radius 3 is 2.20 bits per heavy atom. The Labute approximate surface area is 174 Å². The predicted molar refractivity (Wildman–Crippen MR) is 109 cm³/mol. The summed E-state index contributed by atoms with van der Waals surface area (Å²) in [5.41, 5.74) is 2.59. The number of amides is 1. The van der Waals surface area contributed by atoms with Gasteiger partial charge in [-0.15, -0.1) is 5.10 Å². The van der Waals surface area contributed by atoms with E-state index in [0.29, 0.717) is 27.8 Å². The third-order valence-corrected chi connectivity index (χ3v) is 5.19. The number of halogens is 2. The van der Waals surface area contributed by atoms with Gasteiger partial charge in [-0.2, -0.15) is 4.68 Å². The number of carbonyl (C=O) groups excluding carboxylic acids is 1. The summed E-state index contributed by atoms with van der Waals surface area (Å²) in [6, 6.07) is 18.6. The summed E-state index contributed by atoms with van der Waals surface area (Å²) in [7, 11) is 0. The highest BCUT2D eigenvalue weighted by Crippen LogP contribution is 2.23. The van der Waals surface area contributed by atoms with Crippen molar-refractivity contribution >= 4 is 23.4 Å². The van der Waals surface area contributed by atoms with Gasteiger partial charge in [-0.25, -0.2) is 8.78 Å². The van der Waals surface area contributed by atoms with Crippen molar-refractivity contribution in [2.45, 2.75) is 10.9 Å².